The molecule has 2 rings (SSSR count). The quantitative estimate of drug-likeness (QED) is 0.833. The number of halogens is 6. The van der Waals surface area contributed by atoms with Crippen molar-refractivity contribution in [3.63, 3.8) is 0 Å². The first kappa shape index (κ1) is 18.8. The lowest BCUT2D eigenvalue weighted by Crippen LogP contribution is -2.26. The van der Waals surface area contributed by atoms with Gasteiger partial charge in [-0.3, -0.25) is 9.78 Å². The van der Waals surface area contributed by atoms with Gasteiger partial charge in [0.05, 0.1) is 11.1 Å². The number of hydrogen-bond donors (Lipinski definition) is 1. The zero-order valence-electron chi connectivity index (χ0n) is 12.6. The van der Waals surface area contributed by atoms with Crippen LogP contribution in [0.5, 0.6) is 0 Å². The summed E-state index contributed by atoms with van der Waals surface area (Å²) in [7, 11) is 0. The van der Waals surface area contributed by atoms with Gasteiger partial charge in [0, 0.05) is 24.5 Å². The third kappa shape index (κ3) is 5.20. The Morgan fingerprint density at radius 3 is 2.08 bits per heavy atom. The molecule has 25 heavy (non-hydrogen) atoms. The lowest BCUT2D eigenvalue weighted by Gasteiger charge is -2.14. The van der Waals surface area contributed by atoms with Gasteiger partial charge in [0.15, 0.2) is 0 Å². The van der Waals surface area contributed by atoms with Gasteiger partial charge < -0.3 is 5.32 Å². The molecule has 0 saturated heterocycles. The van der Waals surface area contributed by atoms with Gasteiger partial charge in [0.25, 0.3) is 5.91 Å². The summed E-state index contributed by atoms with van der Waals surface area (Å²) in [5, 5.41) is 2.30. The highest BCUT2D eigenvalue weighted by atomic mass is 19.4. The van der Waals surface area contributed by atoms with Gasteiger partial charge >= 0.3 is 12.4 Å². The van der Waals surface area contributed by atoms with Crippen LogP contribution in [0.1, 0.15) is 27.0 Å². The Labute approximate surface area is 138 Å². The zero-order chi connectivity index (χ0) is 18.7. The predicted molar refractivity (Wildman–Crippen MR) is 76.7 cm³/mol. The molecule has 0 aliphatic carbocycles. The maximum absolute atomic E-state index is 12.8. The van der Waals surface area contributed by atoms with Crippen molar-refractivity contribution in [3.8, 4) is 0 Å². The molecule has 3 nitrogen and oxygen atoms in total. The third-order valence-corrected chi connectivity index (χ3v) is 3.27. The Morgan fingerprint density at radius 2 is 1.60 bits per heavy atom. The van der Waals surface area contributed by atoms with E-state index >= 15 is 0 Å². The first-order chi connectivity index (χ1) is 11.6. The molecule has 1 amide bonds. The second-order valence-electron chi connectivity index (χ2n) is 5.16. The third-order valence-electron chi connectivity index (χ3n) is 3.27. The van der Waals surface area contributed by atoms with Gasteiger partial charge in [-0.25, -0.2) is 0 Å². The van der Waals surface area contributed by atoms with Crippen LogP contribution in [-0.4, -0.2) is 17.4 Å². The average Bonchev–Trinajstić information content (AvgIpc) is 2.53. The van der Waals surface area contributed by atoms with E-state index in [9.17, 15) is 31.1 Å². The van der Waals surface area contributed by atoms with E-state index in [2.05, 4.69) is 10.3 Å². The van der Waals surface area contributed by atoms with E-state index in [1.54, 1.807) is 18.3 Å². The van der Waals surface area contributed by atoms with E-state index in [0.717, 1.165) is 5.56 Å². The summed E-state index contributed by atoms with van der Waals surface area (Å²) >= 11 is 0. The second kappa shape index (κ2) is 7.12. The topological polar surface area (TPSA) is 42.0 Å². The standard InChI is InChI=1S/C16H12F6N2O/c17-15(18,19)12-6-11(7-13(8-12)16(20,21)22)14(25)24-5-3-10-2-1-4-23-9-10/h1-2,4,6-9H,3,5H2,(H,24,25). The molecular weight excluding hydrogens is 350 g/mol. The van der Waals surface area contributed by atoms with E-state index in [4.69, 9.17) is 0 Å². The van der Waals surface area contributed by atoms with Gasteiger partial charge in [-0.1, -0.05) is 6.07 Å². The van der Waals surface area contributed by atoms with Crippen LogP contribution >= 0.6 is 0 Å². The number of nitrogens with zero attached hydrogens (tertiary/aromatic N) is 1. The summed E-state index contributed by atoms with van der Waals surface area (Å²) in [6.07, 6.45) is -6.57. The Kier molecular flexibility index (Phi) is 5.34. The molecule has 0 radical (unpaired) electrons. The van der Waals surface area contributed by atoms with E-state index in [-0.39, 0.29) is 12.6 Å². The lowest BCUT2D eigenvalue weighted by molar-refractivity contribution is -0.143. The maximum atomic E-state index is 12.8. The molecule has 0 saturated carbocycles. The first-order valence-electron chi connectivity index (χ1n) is 7.04. The van der Waals surface area contributed by atoms with Crippen LogP contribution < -0.4 is 5.32 Å². The summed E-state index contributed by atoms with van der Waals surface area (Å²) in [5.41, 5.74) is -2.99. The normalized spacial score (nSPS) is 12.1. The number of pyridine rings is 1. The number of amides is 1. The summed E-state index contributed by atoms with van der Waals surface area (Å²) in [6, 6.07) is 4.17. The Bertz CT molecular complexity index is 708. The van der Waals surface area contributed by atoms with Gasteiger partial charge in [-0.05, 0) is 36.2 Å². The number of carbonyl (C=O) groups excluding carboxylic acids is 1. The number of alkyl halides is 6. The van der Waals surface area contributed by atoms with Crippen LogP contribution in [0.4, 0.5) is 26.3 Å². The molecule has 1 heterocycles. The van der Waals surface area contributed by atoms with E-state index in [0.29, 0.717) is 18.6 Å². The van der Waals surface area contributed by atoms with Crippen molar-refractivity contribution in [3.05, 3.63) is 65.0 Å². The molecule has 0 unspecified atom stereocenters. The van der Waals surface area contributed by atoms with E-state index < -0.39 is 35.0 Å². The molecule has 1 aromatic carbocycles. The summed E-state index contributed by atoms with van der Waals surface area (Å²) in [5.74, 6) is -1.01. The molecule has 0 aliphatic rings. The van der Waals surface area contributed by atoms with E-state index in [1.165, 1.54) is 6.20 Å². The Hall–Kier alpha value is -2.58. The van der Waals surface area contributed by atoms with Crippen molar-refractivity contribution in [2.45, 2.75) is 18.8 Å². The number of carbonyl (C=O) groups is 1. The molecule has 1 N–H and O–H groups in total. The molecule has 9 heteroatoms. The van der Waals surface area contributed by atoms with Crippen LogP contribution in [0.3, 0.4) is 0 Å². The van der Waals surface area contributed by atoms with Crippen LogP contribution in [0.25, 0.3) is 0 Å². The van der Waals surface area contributed by atoms with Crippen molar-refractivity contribution in [2.24, 2.45) is 0 Å². The smallest absolute Gasteiger partial charge is 0.352 e. The SMILES string of the molecule is O=C(NCCc1cccnc1)c1cc(C(F)(F)F)cc(C(F)(F)F)c1. The monoisotopic (exact) mass is 362 g/mol. The number of nitrogens with one attached hydrogen (secondary N) is 1. The Morgan fingerprint density at radius 1 is 1.00 bits per heavy atom. The highest BCUT2D eigenvalue weighted by Crippen LogP contribution is 2.36. The molecule has 0 aliphatic heterocycles. The minimum Gasteiger partial charge on any atom is -0.352 e. The zero-order valence-corrected chi connectivity index (χ0v) is 12.6. The number of hydrogen-bond acceptors (Lipinski definition) is 2. The molecule has 0 bridgehead atoms. The highest BCUT2D eigenvalue weighted by molar-refractivity contribution is 5.94. The first-order valence-corrected chi connectivity index (χ1v) is 7.04. The van der Waals surface area contributed by atoms with Crippen LogP contribution in [-0.2, 0) is 18.8 Å². The van der Waals surface area contributed by atoms with Crippen molar-refractivity contribution in [2.75, 3.05) is 6.54 Å². The molecule has 0 spiro atoms. The second-order valence-corrected chi connectivity index (χ2v) is 5.16. The molecule has 2 aromatic rings. The minimum atomic E-state index is -4.99. The maximum Gasteiger partial charge on any atom is 0.416 e. The lowest BCUT2D eigenvalue weighted by atomic mass is 10.0. The summed E-state index contributed by atoms with van der Waals surface area (Å²) in [4.78, 5) is 15.8. The number of aromatic nitrogens is 1. The highest BCUT2D eigenvalue weighted by Gasteiger charge is 2.37. The van der Waals surface area contributed by atoms with Crippen LogP contribution in [0.15, 0.2) is 42.7 Å². The Balaban J connectivity index is 2.17. The fraction of sp³-hybridized carbons (Fsp3) is 0.250. The molecular formula is C16H12F6N2O. The fourth-order valence-corrected chi connectivity index (χ4v) is 2.05. The van der Waals surface area contributed by atoms with E-state index in [1.807, 2.05) is 0 Å². The molecule has 0 atom stereocenters. The largest absolute Gasteiger partial charge is 0.416 e. The molecule has 134 valence electrons. The minimum absolute atomic E-state index is 0.0214. The average molecular weight is 362 g/mol. The molecule has 0 fully saturated rings. The van der Waals surface area contributed by atoms with Crippen molar-refractivity contribution < 1.29 is 31.1 Å². The molecule has 1 aromatic heterocycles. The van der Waals surface area contributed by atoms with Crippen molar-refractivity contribution in [1.29, 1.82) is 0 Å². The predicted octanol–water partition coefficient (Wildman–Crippen LogP) is 4.09. The van der Waals surface area contributed by atoms with Gasteiger partial charge in [-0.2, -0.15) is 26.3 Å². The van der Waals surface area contributed by atoms with Crippen LogP contribution in [0, 0.1) is 0 Å². The van der Waals surface area contributed by atoms with Crippen LogP contribution in [0.2, 0.25) is 0 Å². The summed E-state index contributed by atoms with van der Waals surface area (Å²) < 4.78 is 76.6. The fourth-order valence-electron chi connectivity index (χ4n) is 2.05. The van der Waals surface area contributed by atoms with Gasteiger partial charge in [0.1, 0.15) is 0 Å². The summed E-state index contributed by atoms with van der Waals surface area (Å²) in [6.45, 7) is 0.0438. The number of benzene rings is 1. The van der Waals surface area contributed by atoms with Crippen molar-refractivity contribution in [1.82, 2.24) is 10.3 Å². The van der Waals surface area contributed by atoms with Crippen molar-refractivity contribution >= 4 is 5.91 Å². The van der Waals surface area contributed by atoms with Gasteiger partial charge in [-0.15, -0.1) is 0 Å². The number of rotatable bonds is 4. The van der Waals surface area contributed by atoms with Gasteiger partial charge in [0.2, 0.25) is 0 Å².